The van der Waals surface area contributed by atoms with E-state index in [4.69, 9.17) is 0 Å². The smallest absolute Gasteiger partial charge is 0.200 e. The lowest BCUT2D eigenvalue weighted by Crippen LogP contribution is -2.08. The molecular formula is C15H11F5N2. The molecule has 2 nitrogen and oxygen atoms in total. The molecule has 22 heavy (non-hydrogen) atoms. The number of halogens is 5. The van der Waals surface area contributed by atoms with Gasteiger partial charge in [-0.05, 0) is 19.4 Å². The Morgan fingerprint density at radius 1 is 0.818 bits per heavy atom. The van der Waals surface area contributed by atoms with Crippen molar-refractivity contribution < 1.29 is 22.0 Å². The average Bonchev–Trinajstić information content (AvgIpc) is 2.51. The number of anilines is 1. The van der Waals surface area contributed by atoms with Crippen LogP contribution in [-0.2, 0) is 0 Å². The van der Waals surface area contributed by atoms with E-state index in [2.05, 4.69) is 5.10 Å². The van der Waals surface area contributed by atoms with Crippen LogP contribution in [0.15, 0.2) is 29.4 Å². The first kappa shape index (κ1) is 15.9. The molecule has 2 aromatic rings. The number of hydrogen-bond acceptors (Lipinski definition) is 2. The summed E-state index contributed by atoms with van der Waals surface area (Å²) in [5, 5.41) is 3.66. The molecule has 0 aliphatic heterocycles. The Bertz CT molecular complexity index is 710. The van der Waals surface area contributed by atoms with E-state index in [-0.39, 0.29) is 0 Å². The molecule has 0 unspecified atom stereocenters. The highest BCUT2D eigenvalue weighted by Crippen LogP contribution is 2.27. The number of nitrogens with one attached hydrogen (secondary N) is 1. The van der Waals surface area contributed by atoms with Crippen LogP contribution in [0.5, 0.6) is 0 Å². The van der Waals surface area contributed by atoms with Gasteiger partial charge in [0, 0.05) is 0 Å². The molecule has 0 aromatic heterocycles. The summed E-state index contributed by atoms with van der Waals surface area (Å²) in [6.07, 6.45) is 0. The van der Waals surface area contributed by atoms with Gasteiger partial charge in [-0.3, -0.25) is 5.43 Å². The van der Waals surface area contributed by atoms with Crippen molar-refractivity contribution in [2.45, 2.75) is 13.8 Å². The van der Waals surface area contributed by atoms with Crippen molar-refractivity contribution in [3.8, 4) is 0 Å². The van der Waals surface area contributed by atoms with Crippen LogP contribution in [0.2, 0.25) is 0 Å². The largest absolute Gasteiger partial charge is 0.272 e. The maximum Gasteiger partial charge on any atom is 0.200 e. The van der Waals surface area contributed by atoms with Crippen molar-refractivity contribution in [1.82, 2.24) is 0 Å². The highest BCUT2D eigenvalue weighted by molar-refractivity contribution is 5.99. The molecule has 2 rings (SSSR count). The second-order valence-corrected chi connectivity index (χ2v) is 4.62. The number of hydrazone groups is 1. The normalized spacial score (nSPS) is 11.7. The molecular weight excluding hydrogens is 303 g/mol. The van der Waals surface area contributed by atoms with Crippen LogP contribution in [0.4, 0.5) is 27.6 Å². The van der Waals surface area contributed by atoms with Crippen LogP contribution in [0.25, 0.3) is 0 Å². The van der Waals surface area contributed by atoms with Gasteiger partial charge in [-0.1, -0.05) is 29.8 Å². The minimum atomic E-state index is -2.21. The van der Waals surface area contributed by atoms with Gasteiger partial charge in [-0.2, -0.15) is 5.10 Å². The summed E-state index contributed by atoms with van der Waals surface area (Å²) in [4.78, 5) is 0. The summed E-state index contributed by atoms with van der Waals surface area (Å²) in [6, 6.07) is 7.03. The molecule has 0 amide bonds. The monoisotopic (exact) mass is 314 g/mol. The highest BCUT2D eigenvalue weighted by atomic mass is 19.2. The van der Waals surface area contributed by atoms with Crippen LogP contribution >= 0.6 is 0 Å². The van der Waals surface area contributed by atoms with Crippen molar-refractivity contribution in [3.05, 3.63) is 64.5 Å². The van der Waals surface area contributed by atoms with E-state index in [1.807, 2.05) is 12.3 Å². The first-order valence-corrected chi connectivity index (χ1v) is 6.21. The van der Waals surface area contributed by atoms with Gasteiger partial charge in [0.05, 0.1) is 5.71 Å². The molecule has 0 atom stereocenters. The van der Waals surface area contributed by atoms with Crippen molar-refractivity contribution in [3.63, 3.8) is 0 Å². The van der Waals surface area contributed by atoms with E-state index < -0.39 is 34.8 Å². The van der Waals surface area contributed by atoms with E-state index in [1.165, 1.54) is 6.92 Å². The molecule has 0 spiro atoms. The SMILES string of the molecule is C/C(=N/Nc1c(F)c(F)c(F)c(F)c1F)c1ccc(C)cc1. The second-order valence-electron chi connectivity index (χ2n) is 4.62. The van der Waals surface area contributed by atoms with Crippen LogP contribution in [0.3, 0.4) is 0 Å². The maximum atomic E-state index is 13.5. The van der Waals surface area contributed by atoms with Gasteiger partial charge >= 0.3 is 0 Å². The Morgan fingerprint density at radius 2 is 1.27 bits per heavy atom. The van der Waals surface area contributed by atoms with Crippen molar-refractivity contribution in [2.75, 3.05) is 5.43 Å². The fourth-order valence-electron chi connectivity index (χ4n) is 1.70. The maximum absolute atomic E-state index is 13.5. The van der Waals surface area contributed by atoms with E-state index in [0.29, 0.717) is 11.3 Å². The molecule has 0 bridgehead atoms. The average molecular weight is 314 g/mol. The molecule has 0 saturated heterocycles. The number of rotatable bonds is 3. The lowest BCUT2D eigenvalue weighted by molar-refractivity contribution is 0.381. The summed E-state index contributed by atoms with van der Waals surface area (Å²) in [5.74, 6) is -10.2. The van der Waals surface area contributed by atoms with E-state index in [0.717, 1.165) is 5.56 Å². The molecule has 1 N–H and O–H groups in total. The van der Waals surface area contributed by atoms with E-state index in [9.17, 15) is 22.0 Å². The Hall–Kier alpha value is -2.44. The molecule has 0 aliphatic rings. The second kappa shape index (κ2) is 6.13. The van der Waals surface area contributed by atoms with Gasteiger partial charge in [0.1, 0.15) is 5.69 Å². The first-order chi connectivity index (χ1) is 10.3. The summed E-state index contributed by atoms with van der Waals surface area (Å²) < 4.78 is 65.9. The predicted octanol–water partition coefficient (Wildman–Crippen LogP) is 4.53. The van der Waals surface area contributed by atoms with E-state index in [1.54, 1.807) is 24.3 Å². The third kappa shape index (κ3) is 2.93. The Morgan fingerprint density at radius 3 is 1.77 bits per heavy atom. The Labute approximate surface area is 123 Å². The highest BCUT2D eigenvalue weighted by Gasteiger charge is 2.25. The van der Waals surface area contributed by atoms with Crippen LogP contribution < -0.4 is 5.43 Å². The number of benzene rings is 2. The molecule has 2 aromatic carbocycles. The minimum absolute atomic E-state index is 0.323. The summed E-state index contributed by atoms with van der Waals surface area (Å²) in [5.41, 5.74) is 2.67. The van der Waals surface area contributed by atoms with Gasteiger partial charge in [0.15, 0.2) is 23.3 Å². The predicted molar refractivity (Wildman–Crippen MR) is 73.2 cm³/mol. The number of nitrogens with zero attached hydrogens (tertiary/aromatic N) is 1. The zero-order valence-electron chi connectivity index (χ0n) is 11.6. The van der Waals surface area contributed by atoms with Crippen molar-refractivity contribution in [2.24, 2.45) is 5.10 Å². The third-order valence-corrected chi connectivity index (χ3v) is 3.01. The van der Waals surface area contributed by atoms with Gasteiger partial charge in [-0.25, -0.2) is 22.0 Å². The molecule has 116 valence electrons. The molecule has 0 saturated carbocycles. The van der Waals surface area contributed by atoms with Gasteiger partial charge in [0.2, 0.25) is 5.82 Å². The summed E-state index contributed by atoms with van der Waals surface area (Å²) in [7, 11) is 0. The molecule has 7 heteroatoms. The lowest BCUT2D eigenvalue weighted by Gasteiger charge is -2.08. The fraction of sp³-hybridized carbons (Fsp3) is 0.133. The topological polar surface area (TPSA) is 24.4 Å². The van der Waals surface area contributed by atoms with Crippen molar-refractivity contribution >= 4 is 11.4 Å². The number of aryl methyl sites for hydroxylation is 1. The van der Waals surface area contributed by atoms with Gasteiger partial charge < -0.3 is 0 Å². The van der Waals surface area contributed by atoms with Crippen LogP contribution in [0, 0.1) is 36.0 Å². The third-order valence-electron chi connectivity index (χ3n) is 3.01. The van der Waals surface area contributed by atoms with Crippen LogP contribution in [-0.4, -0.2) is 5.71 Å². The standard InChI is InChI=1S/C15H11F5N2/c1-7-3-5-9(6-4-7)8(2)21-22-15-13(19)11(17)10(16)12(18)14(15)20/h3-6,22H,1-2H3/b21-8-. The van der Waals surface area contributed by atoms with Crippen LogP contribution in [0.1, 0.15) is 18.1 Å². The zero-order valence-corrected chi connectivity index (χ0v) is 11.6. The lowest BCUT2D eigenvalue weighted by atomic mass is 10.1. The van der Waals surface area contributed by atoms with Gasteiger partial charge in [-0.15, -0.1) is 0 Å². The Kier molecular flexibility index (Phi) is 4.44. The first-order valence-electron chi connectivity index (χ1n) is 6.21. The summed E-state index contributed by atoms with van der Waals surface area (Å²) >= 11 is 0. The van der Waals surface area contributed by atoms with Gasteiger partial charge in [0.25, 0.3) is 0 Å². The Balaban J connectivity index is 2.35. The summed E-state index contributed by atoms with van der Waals surface area (Å²) in [6.45, 7) is 3.41. The molecule has 0 aliphatic carbocycles. The number of hydrogen-bond donors (Lipinski definition) is 1. The molecule has 0 radical (unpaired) electrons. The minimum Gasteiger partial charge on any atom is -0.272 e. The fourth-order valence-corrected chi connectivity index (χ4v) is 1.70. The molecule has 0 fully saturated rings. The quantitative estimate of drug-likeness (QED) is 0.291. The van der Waals surface area contributed by atoms with Crippen molar-refractivity contribution in [1.29, 1.82) is 0 Å². The zero-order chi connectivity index (χ0) is 16.4. The van der Waals surface area contributed by atoms with E-state index >= 15 is 0 Å². The molecule has 0 heterocycles.